The van der Waals surface area contributed by atoms with Gasteiger partial charge in [-0.05, 0) is 48.2 Å². The number of benzene rings is 2. The van der Waals surface area contributed by atoms with E-state index in [2.05, 4.69) is 19.2 Å². The Bertz CT molecular complexity index is 933. The van der Waals surface area contributed by atoms with Crippen LogP contribution in [0.1, 0.15) is 30.9 Å². The molecule has 1 aromatic heterocycles. The molecular formula is C19H20N2O3. The molecule has 0 fully saturated rings. The zero-order chi connectivity index (χ0) is 17.3. The van der Waals surface area contributed by atoms with E-state index in [1.807, 2.05) is 43.3 Å². The summed E-state index contributed by atoms with van der Waals surface area (Å²) < 4.78 is 6.52. The maximum absolute atomic E-state index is 12.3. The first kappa shape index (κ1) is 16.1. The summed E-state index contributed by atoms with van der Waals surface area (Å²) in [7, 11) is 0. The quantitative estimate of drug-likeness (QED) is 0.796. The average molecular weight is 324 g/mol. The van der Waals surface area contributed by atoms with Crippen LogP contribution in [0.3, 0.4) is 0 Å². The Morgan fingerprint density at radius 3 is 2.54 bits per heavy atom. The summed E-state index contributed by atoms with van der Waals surface area (Å²) in [5.41, 5.74) is 4.04. The summed E-state index contributed by atoms with van der Waals surface area (Å²) in [6.45, 7) is 6.08. The fraction of sp³-hybridized carbons (Fsp3) is 0.263. The Kier molecular flexibility index (Phi) is 4.25. The van der Waals surface area contributed by atoms with E-state index in [0.29, 0.717) is 22.7 Å². The number of aryl methyl sites for hydroxylation is 1. The molecule has 1 amide bonds. The van der Waals surface area contributed by atoms with E-state index in [9.17, 15) is 9.59 Å². The van der Waals surface area contributed by atoms with Gasteiger partial charge in [-0.25, -0.2) is 4.79 Å². The van der Waals surface area contributed by atoms with Gasteiger partial charge < -0.3 is 9.73 Å². The second-order valence-corrected chi connectivity index (χ2v) is 6.25. The van der Waals surface area contributed by atoms with E-state index >= 15 is 0 Å². The summed E-state index contributed by atoms with van der Waals surface area (Å²) in [6, 6.07) is 13.2. The summed E-state index contributed by atoms with van der Waals surface area (Å²) in [4.78, 5) is 24.2. The summed E-state index contributed by atoms with van der Waals surface area (Å²) in [5, 5.41) is 2.81. The van der Waals surface area contributed by atoms with Crippen molar-refractivity contribution in [3.8, 4) is 0 Å². The Labute approximate surface area is 139 Å². The number of rotatable bonds is 4. The summed E-state index contributed by atoms with van der Waals surface area (Å²) >= 11 is 0. The van der Waals surface area contributed by atoms with Crippen molar-refractivity contribution in [1.29, 1.82) is 0 Å². The predicted octanol–water partition coefficient (Wildman–Crippen LogP) is 3.67. The molecule has 2 aromatic carbocycles. The molecule has 0 saturated carbocycles. The van der Waals surface area contributed by atoms with Crippen molar-refractivity contribution < 1.29 is 9.21 Å². The van der Waals surface area contributed by atoms with Gasteiger partial charge in [-0.3, -0.25) is 9.36 Å². The number of hydrogen-bond donors (Lipinski definition) is 1. The Morgan fingerprint density at radius 1 is 1.17 bits per heavy atom. The molecule has 0 atom stereocenters. The van der Waals surface area contributed by atoms with Crippen LogP contribution in [0.2, 0.25) is 0 Å². The van der Waals surface area contributed by atoms with Gasteiger partial charge in [-0.15, -0.1) is 0 Å². The van der Waals surface area contributed by atoms with Gasteiger partial charge in [-0.1, -0.05) is 32.0 Å². The number of fused-ring (bicyclic) bond motifs is 1. The second-order valence-electron chi connectivity index (χ2n) is 6.25. The number of aromatic nitrogens is 1. The minimum Gasteiger partial charge on any atom is -0.408 e. The van der Waals surface area contributed by atoms with Gasteiger partial charge >= 0.3 is 5.76 Å². The minimum atomic E-state index is -0.527. The zero-order valence-corrected chi connectivity index (χ0v) is 14.0. The smallest absolute Gasteiger partial charge is 0.408 e. The Morgan fingerprint density at radius 2 is 1.88 bits per heavy atom. The summed E-state index contributed by atoms with van der Waals surface area (Å²) in [6.07, 6.45) is 0. The molecule has 0 aliphatic carbocycles. The average Bonchev–Trinajstić information content (AvgIpc) is 2.83. The zero-order valence-electron chi connectivity index (χ0n) is 14.0. The van der Waals surface area contributed by atoms with Crippen molar-refractivity contribution in [3.63, 3.8) is 0 Å². The molecule has 0 radical (unpaired) electrons. The highest BCUT2D eigenvalue weighted by Crippen LogP contribution is 2.18. The molecule has 0 saturated heterocycles. The first-order valence-corrected chi connectivity index (χ1v) is 7.94. The number of hydrogen-bond acceptors (Lipinski definition) is 3. The van der Waals surface area contributed by atoms with Crippen LogP contribution in [-0.4, -0.2) is 10.5 Å². The number of oxazole rings is 1. The number of amides is 1. The van der Waals surface area contributed by atoms with Gasteiger partial charge in [-0.2, -0.15) is 0 Å². The van der Waals surface area contributed by atoms with Gasteiger partial charge in [0, 0.05) is 5.69 Å². The van der Waals surface area contributed by atoms with Crippen LogP contribution in [0, 0.1) is 6.92 Å². The van der Waals surface area contributed by atoms with Crippen molar-refractivity contribution in [1.82, 2.24) is 4.57 Å². The van der Waals surface area contributed by atoms with Crippen LogP contribution in [0.5, 0.6) is 0 Å². The lowest BCUT2D eigenvalue weighted by molar-refractivity contribution is -0.116. The van der Waals surface area contributed by atoms with Gasteiger partial charge in [0.25, 0.3) is 0 Å². The molecule has 124 valence electrons. The molecular weight excluding hydrogens is 304 g/mol. The maximum atomic E-state index is 12.3. The van der Waals surface area contributed by atoms with Crippen LogP contribution >= 0.6 is 0 Å². The van der Waals surface area contributed by atoms with Gasteiger partial charge in [0.1, 0.15) is 6.54 Å². The van der Waals surface area contributed by atoms with Crippen LogP contribution in [-0.2, 0) is 11.3 Å². The second kappa shape index (κ2) is 6.35. The highest BCUT2D eigenvalue weighted by Gasteiger charge is 2.13. The third kappa shape index (κ3) is 3.25. The van der Waals surface area contributed by atoms with Crippen molar-refractivity contribution in [3.05, 3.63) is 64.1 Å². The van der Waals surface area contributed by atoms with Gasteiger partial charge in [0.15, 0.2) is 5.58 Å². The topological polar surface area (TPSA) is 64.2 Å². The number of carbonyl (C=O) groups is 1. The number of nitrogens with zero attached hydrogens (tertiary/aromatic N) is 1. The van der Waals surface area contributed by atoms with Crippen molar-refractivity contribution in [2.24, 2.45) is 0 Å². The summed E-state index contributed by atoms with van der Waals surface area (Å²) in [5.74, 6) is -0.353. The third-order valence-electron chi connectivity index (χ3n) is 3.99. The third-order valence-corrected chi connectivity index (χ3v) is 3.99. The fourth-order valence-electron chi connectivity index (χ4n) is 2.62. The van der Waals surface area contributed by atoms with Crippen molar-refractivity contribution in [2.45, 2.75) is 33.2 Å². The standard InChI is InChI=1S/C19H20N2O3/c1-12(2)14-5-7-15(8-6-14)20-18(22)11-21-16-10-13(3)4-9-17(16)24-19(21)23/h4-10,12H,11H2,1-3H3,(H,20,22). The van der Waals surface area contributed by atoms with Gasteiger partial charge in [0.05, 0.1) is 5.52 Å². The Hall–Kier alpha value is -2.82. The molecule has 0 spiro atoms. The van der Waals surface area contributed by atoms with Gasteiger partial charge in [0.2, 0.25) is 5.91 Å². The molecule has 1 N–H and O–H groups in total. The lowest BCUT2D eigenvalue weighted by atomic mass is 10.0. The van der Waals surface area contributed by atoms with E-state index in [0.717, 1.165) is 5.56 Å². The molecule has 3 rings (SSSR count). The van der Waals surface area contributed by atoms with E-state index in [-0.39, 0.29) is 12.5 Å². The number of anilines is 1. The van der Waals surface area contributed by atoms with Crippen LogP contribution in [0.25, 0.3) is 11.1 Å². The molecule has 0 aliphatic heterocycles. The van der Waals surface area contributed by atoms with Crippen LogP contribution < -0.4 is 11.1 Å². The van der Waals surface area contributed by atoms with Crippen LogP contribution in [0.4, 0.5) is 5.69 Å². The van der Waals surface area contributed by atoms with Crippen molar-refractivity contribution >= 4 is 22.7 Å². The lowest BCUT2D eigenvalue weighted by Gasteiger charge is -2.08. The molecule has 5 nitrogen and oxygen atoms in total. The van der Waals surface area contributed by atoms with E-state index in [1.165, 1.54) is 10.1 Å². The lowest BCUT2D eigenvalue weighted by Crippen LogP contribution is -2.24. The largest absolute Gasteiger partial charge is 0.420 e. The molecule has 1 heterocycles. The van der Waals surface area contributed by atoms with E-state index in [1.54, 1.807) is 6.07 Å². The molecule has 0 unspecified atom stereocenters. The van der Waals surface area contributed by atoms with E-state index < -0.39 is 5.76 Å². The molecule has 0 aliphatic rings. The minimum absolute atomic E-state index is 0.0821. The molecule has 3 aromatic rings. The highest BCUT2D eigenvalue weighted by atomic mass is 16.4. The monoisotopic (exact) mass is 324 g/mol. The fourth-order valence-corrected chi connectivity index (χ4v) is 2.62. The normalized spacial score (nSPS) is 11.2. The SMILES string of the molecule is Cc1ccc2oc(=O)n(CC(=O)Nc3ccc(C(C)C)cc3)c2c1. The number of carbonyl (C=O) groups excluding carboxylic acids is 1. The molecule has 0 bridgehead atoms. The predicted molar refractivity (Wildman–Crippen MR) is 94.4 cm³/mol. The van der Waals surface area contributed by atoms with E-state index in [4.69, 9.17) is 4.42 Å². The molecule has 24 heavy (non-hydrogen) atoms. The van der Waals surface area contributed by atoms with Crippen molar-refractivity contribution in [2.75, 3.05) is 5.32 Å². The highest BCUT2D eigenvalue weighted by molar-refractivity contribution is 5.91. The van der Waals surface area contributed by atoms with Crippen LogP contribution in [0.15, 0.2) is 51.7 Å². The first-order chi connectivity index (χ1) is 11.4. The first-order valence-electron chi connectivity index (χ1n) is 7.94. The molecule has 5 heteroatoms. The maximum Gasteiger partial charge on any atom is 0.420 e. The Balaban J connectivity index is 1.79. The number of nitrogens with one attached hydrogen (secondary N) is 1.